The maximum atomic E-state index is 11.7. The van der Waals surface area contributed by atoms with Crippen molar-refractivity contribution in [3.8, 4) is 0 Å². The van der Waals surface area contributed by atoms with E-state index in [2.05, 4.69) is 31.4 Å². The Morgan fingerprint density at radius 3 is 2.88 bits per heavy atom. The Morgan fingerprint density at radius 1 is 1.47 bits per heavy atom. The molecule has 0 saturated carbocycles. The van der Waals surface area contributed by atoms with Crippen molar-refractivity contribution >= 4 is 44.8 Å². The van der Waals surface area contributed by atoms with Crippen molar-refractivity contribution in [1.82, 2.24) is 15.5 Å². The molecule has 88 valence electrons. The molecule has 2 aromatic heterocycles. The van der Waals surface area contributed by atoms with E-state index < -0.39 is 0 Å². The van der Waals surface area contributed by atoms with Crippen molar-refractivity contribution in [2.24, 2.45) is 0 Å². The molecule has 0 saturated heterocycles. The van der Waals surface area contributed by atoms with E-state index in [0.29, 0.717) is 6.54 Å². The highest BCUT2D eigenvalue weighted by Crippen LogP contribution is 2.19. The third-order valence-corrected chi connectivity index (χ3v) is 3.81. The summed E-state index contributed by atoms with van der Waals surface area (Å²) >= 11 is 10.5. The van der Waals surface area contributed by atoms with Gasteiger partial charge >= 0.3 is 0 Å². The fraction of sp³-hybridized carbons (Fsp3) is 0.100. The van der Waals surface area contributed by atoms with Crippen LogP contribution in [0.3, 0.4) is 0 Å². The second-order valence-corrected chi connectivity index (χ2v) is 5.45. The molecule has 1 amide bonds. The SMILES string of the molecule is O=C(NCc1cc(Br)cs1)c1ccc(Cl)nn1. The first kappa shape index (κ1) is 12.5. The zero-order valence-electron chi connectivity index (χ0n) is 8.48. The molecule has 0 radical (unpaired) electrons. The van der Waals surface area contributed by atoms with Crippen molar-refractivity contribution in [1.29, 1.82) is 0 Å². The lowest BCUT2D eigenvalue weighted by atomic mass is 10.3. The Hall–Kier alpha value is -0.980. The number of amides is 1. The van der Waals surface area contributed by atoms with Crippen LogP contribution in [-0.4, -0.2) is 16.1 Å². The molecule has 17 heavy (non-hydrogen) atoms. The van der Waals surface area contributed by atoms with Gasteiger partial charge in [-0.1, -0.05) is 11.6 Å². The van der Waals surface area contributed by atoms with Gasteiger partial charge in [-0.15, -0.1) is 21.5 Å². The minimum atomic E-state index is -0.265. The molecule has 4 nitrogen and oxygen atoms in total. The number of carbonyl (C=O) groups is 1. The lowest BCUT2D eigenvalue weighted by molar-refractivity contribution is 0.0945. The van der Waals surface area contributed by atoms with Crippen LogP contribution in [0.1, 0.15) is 15.4 Å². The molecule has 2 aromatic rings. The van der Waals surface area contributed by atoms with Gasteiger partial charge in [0.1, 0.15) is 0 Å². The Kier molecular flexibility index (Phi) is 4.09. The van der Waals surface area contributed by atoms with E-state index >= 15 is 0 Å². The minimum absolute atomic E-state index is 0.255. The number of halogens is 2. The summed E-state index contributed by atoms with van der Waals surface area (Å²) in [6, 6.07) is 5.03. The zero-order chi connectivity index (χ0) is 12.3. The molecule has 0 bridgehead atoms. The van der Waals surface area contributed by atoms with Gasteiger partial charge in [-0.2, -0.15) is 0 Å². The summed E-state index contributed by atoms with van der Waals surface area (Å²) in [6.45, 7) is 0.472. The van der Waals surface area contributed by atoms with Crippen LogP contribution in [0.5, 0.6) is 0 Å². The topological polar surface area (TPSA) is 54.9 Å². The smallest absolute Gasteiger partial charge is 0.272 e. The molecule has 2 heterocycles. The first-order valence-corrected chi connectivity index (χ1v) is 6.70. The number of carbonyl (C=O) groups excluding carboxylic acids is 1. The number of nitrogens with one attached hydrogen (secondary N) is 1. The third-order valence-electron chi connectivity index (χ3n) is 1.91. The van der Waals surface area contributed by atoms with E-state index in [0.717, 1.165) is 9.35 Å². The van der Waals surface area contributed by atoms with Crippen LogP contribution in [0.4, 0.5) is 0 Å². The largest absolute Gasteiger partial charge is 0.346 e. The summed E-state index contributed by atoms with van der Waals surface area (Å²) in [7, 11) is 0. The fourth-order valence-corrected chi connectivity index (χ4v) is 2.63. The number of nitrogens with zero attached hydrogens (tertiary/aromatic N) is 2. The van der Waals surface area contributed by atoms with Crippen molar-refractivity contribution in [2.75, 3.05) is 0 Å². The molecule has 0 aliphatic carbocycles. The number of thiophene rings is 1. The summed E-state index contributed by atoms with van der Waals surface area (Å²) in [5.74, 6) is -0.265. The standard InChI is InChI=1S/C10H7BrClN3OS/c11-6-3-7(17-5-6)4-13-10(16)8-1-2-9(12)15-14-8/h1-3,5H,4H2,(H,13,16). The number of hydrogen-bond donors (Lipinski definition) is 1. The van der Waals surface area contributed by atoms with Gasteiger partial charge in [0, 0.05) is 14.7 Å². The van der Waals surface area contributed by atoms with Crippen molar-refractivity contribution in [2.45, 2.75) is 6.54 Å². The number of rotatable bonds is 3. The van der Waals surface area contributed by atoms with Crippen molar-refractivity contribution < 1.29 is 4.79 Å². The fourth-order valence-electron chi connectivity index (χ4n) is 1.14. The molecule has 0 unspecified atom stereocenters. The Morgan fingerprint density at radius 2 is 2.29 bits per heavy atom. The molecule has 1 N–H and O–H groups in total. The van der Waals surface area contributed by atoms with Crippen LogP contribution in [0.15, 0.2) is 28.1 Å². The van der Waals surface area contributed by atoms with E-state index in [1.165, 1.54) is 12.1 Å². The minimum Gasteiger partial charge on any atom is -0.346 e. The predicted molar refractivity (Wildman–Crippen MR) is 70.2 cm³/mol. The van der Waals surface area contributed by atoms with Crippen molar-refractivity contribution in [3.05, 3.63) is 43.8 Å². The molecule has 0 aliphatic rings. The molecular formula is C10H7BrClN3OS. The van der Waals surface area contributed by atoms with Gasteiger partial charge in [0.15, 0.2) is 10.8 Å². The predicted octanol–water partition coefficient (Wildman–Crippen LogP) is 2.88. The highest BCUT2D eigenvalue weighted by atomic mass is 79.9. The Labute approximate surface area is 115 Å². The maximum absolute atomic E-state index is 11.7. The summed E-state index contributed by atoms with van der Waals surface area (Å²) in [4.78, 5) is 12.7. The molecular weight excluding hydrogens is 326 g/mol. The van der Waals surface area contributed by atoms with Gasteiger partial charge in [-0.05, 0) is 34.1 Å². The van der Waals surface area contributed by atoms with E-state index in [4.69, 9.17) is 11.6 Å². The lowest BCUT2D eigenvalue weighted by Gasteiger charge is -2.01. The third kappa shape index (κ3) is 3.49. The summed E-state index contributed by atoms with van der Waals surface area (Å²) in [5.41, 5.74) is 0.255. The number of aromatic nitrogens is 2. The molecule has 7 heteroatoms. The van der Waals surface area contributed by atoms with Crippen LogP contribution in [0, 0.1) is 0 Å². The van der Waals surface area contributed by atoms with Gasteiger partial charge in [-0.25, -0.2) is 0 Å². The van der Waals surface area contributed by atoms with Crippen LogP contribution in [0.2, 0.25) is 5.15 Å². The monoisotopic (exact) mass is 331 g/mol. The summed E-state index contributed by atoms with van der Waals surface area (Å²) in [5, 5.41) is 12.3. The average molecular weight is 333 g/mol. The van der Waals surface area contributed by atoms with E-state index in [1.54, 1.807) is 11.3 Å². The van der Waals surface area contributed by atoms with Gasteiger partial charge in [0.25, 0.3) is 5.91 Å². The Balaban J connectivity index is 1.95. The van der Waals surface area contributed by atoms with Gasteiger partial charge in [0.05, 0.1) is 6.54 Å². The van der Waals surface area contributed by atoms with Crippen LogP contribution in [0.25, 0.3) is 0 Å². The van der Waals surface area contributed by atoms with Crippen LogP contribution >= 0.6 is 38.9 Å². The quantitative estimate of drug-likeness (QED) is 0.940. The van der Waals surface area contributed by atoms with Gasteiger partial charge in [-0.3, -0.25) is 4.79 Å². The normalized spacial score (nSPS) is 10.2. The van der Waals surface area contributed by atoms with Crippen LogP contribution < -0.4 is 5.32 Å². The first-order chi connectivity index (χ1) is 8.15. The highest BCUT2D eigenvalue weighted by molar-refractivity contribution is 9.10. The van der Waals surface area contributed by atoms with Crippen molar-refractivity contribution in [3.63, 3.8) is 0 Å². The maximum Gasteiger partial charge on any atom is 0.272 e. The van der Waals surface area contributed by atoms with Crippen LogP contribution in [-0.2, 0) is 6.54 Å². The molecule has 0 fully saturated rings. The van der Waals surface area contributed by atoms with Gasteiger partial charge < -0.3 is 5.32 Å². The second-order valence-electron chi connectivity index (χ2n) is 3.16. The second kappa shape index (κ2) is 5.57. The van der Waals surface area contributed by atoms with E-state index in [9.17, 15) is 4.79 Å². The molecule has 0 spiro atoms. The first-order valence-electron chi connectivity index (χ1n) is 4.65. The average Bonchev–Trinajstić information content (AvgIpc) is 2.73. The van der Waals surface area contributed by atoms with Gasteiger partial charge in [0.2, 0.25) is 0 Å². The number of hydrogen-bond acceptors (Lipinski definition) is 4. The van der Waals surface area contributed by atoms with E-state index in [-0.39, 0.29) is 16.8 Å². The van der Waals surface area contributed by atoms with E-state index in [1.807, 2.05) is 11.4 Å². The molecule has 0 aliphatic heterocycles. The zero-order valence-corrected chi connectivity index (χ0v) is 11.6. The Bertz CT molecular complexity index is 529. The summed E-state index contributed by atoms with van der Waals surface area (Å²) < 4.78 is 1.01. The highest BCUT2D eigenvalue weighted by Gasteiger charge is 2.08. The summed E-state index contributed by atoms with van der Waals surface area (Å²) in [6.07, 6.45) is 0. The molecule has 2 rings (SSSR count). The molecule has 0 atom stereocenters. The molecule has 0 aromatic carbocycles. The lowest BCUT2D eigenvalue weighted by Crippen LogP contribution is -2.23.